The number of esters is 1. The van der Waals surface area contributed by atoms with Gasteiger partial charge in [0.25, 0.3) is 0 Å². The topological polar surface area (TPSA) is 88.1 Å². The summed E-state index contributed by atoms with van der Waals surface area (Å²) >= 11 is 1.14. The maximum Gasteiger partial charge on any atom is 0.337 e. The number of thioether (sulfide) groups is 1. The van der Waals surface area contributed by atoms with Gasteiger partial charge in [-0.15, -0.1) is 0 Å². The Balaban J connectivity index is 1.68. The Kier molecular flexibility index (Phi) is 6.28. The SMILES string of the molecule is CN=C(Nc1ccc(C(=O)OC)cc1)S[C@@H]1CC(=O)N(c2ccc(F)cc2)C1=O. The molecule has 7 nitrogen and oxygen atoms in total. The van der Waals surface area contributed by atoms with Crippen molar-refractivity contribution in [2.75, 3.05) is 24.4 Å². The number of rotatable bonds is 4. The molecule has 150 valence electrons. The molecule has 0 spiro atoms. The Morgan fingerprint density at radius 1 is 1.17 bits per heavy atom. The number of anilines is 2. The minimum Gasteiger partial charge on any atom is -0.465 e. The van der Waals surface area contributed by atoms with E-state index in [9.17, 15) is 18.8 Å². The minimum atomic E-state index is -0.645. The van der Waals surface area contributed by atoms with Crippen molar-refractivity contribution in [1.82, 2.24) is 0 Å². The average Bonchev–Trinajstić information content (AvgIpc) is 3.01. The van der Waals surface area contributed by atoms with Gasteiger partial charge in [-0.05, 0) is 48.5 Å². The third-order valence-electron chi connectivity index (χ3n) is 4.20. The molecule has 0 unspecified atom stereocenters. The molecule has 9 heteroatoms. The molecule has 2 aromatic carbocycles. The molecule has 0 aliphatic carbocycles. The summed E-state index contributed by atoms with van der Waals surface area (Å²) in [6, 6.07) is 11.8. The Labute approximate surface area is 170 Å². The molecule has 1 fully saturated rings. The molecule has 1 atom stereocenters. The van der Waals surface area contributed by atoms with Crippen LogP contribution >= 0.6 is 11.8 Å². The molecule has 0 saturated carbocycles. The predicted molar refractivity (Wildman–Crippen MR) is 110 cm³/mol. The fraction of sp³-hybridized carbons (Fsp3) is 0.200. The molecule has 3 rings (SSSR count). The Bertz CT molecular complexity index is 961. The number of imide groups is 1. The number of hydrogen-bond acceptors (Lipinski definition) is 6. The Hall–Kier alpha value is -3.20. The van der Waals surface area contributed by atoms with E-state index in [4.69, 9.17) is 0 Å². The number of amides is 2. The van der Waals surface area contributed by atoms with E-state index >= 15 is 0 Å². The molecule has 0 bridgehead atoms. The summed E-state index contributed by atoms with van der Waals surface area (Å²) in [5, 5.41) is 2.87. The standard InChI is InChI=1S/C20H18FN3O4S/c1-22-20(23-14-7-3-12(4-8-14)19(27)28-2)29-16-11-17(25)24(18(16)26)15-9-5-13(21)6-10-15/h3-10,16H,11H2,1-2H3,(H,22,23)/t16-/m1/s1. The second kappa shape index (κ2) is 8.87. The lowest BCUT2D eigenvalue weighted by molar-refractivity contribution is -0.121. The maximum absolute atomic E-state index is 13.1. The smallest absolute Gasteiger partial charge is 0.337 e. The monoisotopic (exact) mass is 415 g/mol. The maximum atomic E-state index is 13.1. The summed E-state index contributed by atoms with van der Waals surface area (Å²) in [4.78, 5) is 41.7. The van der Waals surface area contributed by atoms with Gasteiger partial charge in [-0.3, -0.25) is 14.6 Å². The van der Waals surface area contributed by atoms with Gasteiger partial charge in [0.2, 0.25) is 11.8 Å². The number of halogens is 1. The molecular formula is C20H18FN3O4S. The van der Waals surface area contributed by atoms with Gasteiger partial charge in [0.15, 0.2) is 5.17 Å². The number of nitrogens with one attached hydrogen (secondary N) is 1. The molecule has 1 aliphatic rings. The quantitative estimate of drug-likeness (QED) is 0.357. The van der Waals surface area contributed by atoms with Crippen molar-refractivity contribution < 1.29 is 23.5 Å². The summed E-state index contributed by atoms with van der Waals surface area (Å²) in [5.74, 6) is -1.61. The number of aliphatic imine (C=N–C) groups is 1. The van der Waals surface area contributed by atoms with Crippen LogP contribution in [0.15, 0.2) is 53.5 Å². The zero-order valence-electron chi connectivity index (χ0n) is 15.7. The van der Waals surface area contributed by atoms with Crippen molar-refractivity contribution >= 4 is 46.1 Å². The highest BCUT2D eigenvalue weighted by Crippen LogP contribution is 2.30. The number of nitrogens with zero attached hydrogens (tertiary/aromatic N) is 2. The van der Waals surface area contributed by atoms with Crippen molar-refractivity contribution in [1.29, 1.82) is 0 Å². The molecular weight excluding hydrogens is 397 g/mol. The Morgan fingerprint density at radius 2 is 1.83 bits per heavy atom. The van der Waals surface area contributed by atoms with Crippen molar-refractivity contribution in [3.63, 3.8) is 0 Å². The summed E-state index contributed by atoms with van der Waals surface area (Å²) < 4.78 is 17.8. The van der Waals surface area contributed by atoms with E-state index in [0.29, 0.717) is 22.1 Å². The molecule has 1 aliphatic heterocycles. The van der Waals surface area contributed by atoms with Gasteiger partial charge in [0.1, 0.15) is 11.1 Å². The van der Waals surface area contributed by atoms with Gasteiger partial charge in [-0.1, -0.05) is 11.8 Å². The number of ether oxygens (including phenoxy) is 1. The van der Waals surface area contributed by atoms with Crippen LogP contribution in [0, 0.1) is 5.82 Å². The van der Waals surface area contributed by atoms with Gasteiger partial charge < -0.3 is 10.1 Å². The summed E-state index contributed by atoms with van der Waals surface area (Å²) in [6.07, 6.45) is 0.0167. The normalized spacial score (nSPS) is 16.9. The summed E-state index contributed by atoms with van der Waals surface area (Å²) in [6.45, 7) is 0. The van der Waals surface area contributed by atoms with Crippen LogP contribution in [-0.4, -0.2) is 42.4 Å². The third kappa shape index (κ3) is 4.62. The number of methoxy groups -OCH3 is 1. The summed E-state index contributed by atoms with van der Waals surface area (Å²) in [5.41, 5.74) is 1.41. The molecule has 2 amide bonds. The number of amidine groups is 1. The van der Waals surface area contributed by atoms with E-state index in [-0.39, 0.29) is 18.2 Å². The van der Waals surface area contributed by atoms with Crippen molar-refractivity contribution in [2.24, 2.45) is 4.99 Å². The third-order valence-corrected chi connectivity index (χ3v) is 5.37. The van der Waals surface area contributed by atoms with Crippen LogP contribution in [0.2, 0.25) is 0 Å². The highest BCUT2D eigenvalue weighted by Gasteiger charge is 2.40. The fourth-order valence-electron chi connectivity index (χ4n) is 2.76. The first-order valence-electron chi connectivity index (χ1n) is 8.64. The van der Waals surface area contributed by atoms with E-state index in [1.54, 1.807) is 31.3 Å². The fourth-order valence-corrected chi connectivity index (χ4v) is 3.75. The van der Waals surface area contributed by atoms with E-state index in [1.807, 2.05) is 0 Å². The first kappa shape index (κ1) is 20.5. The van der Waals surface area contributed by atoms with Crippen molar-refractivity contribution in [2.45, 2.75) is 11.7 Å². The number of carbonyl (C=O) groups excluding carboxylic acids is 3. The second-order valence-corrected chi connectivity index (χ2v) is 7.27. The van der Waals surface area contributed by atoms with E-state index in [2.05, 4.69) is 15.0 Å². The first-order valence-corrected chi connectivity index (χ1v) is 9.52. The largest absolute Gasteiger partial charge is 0.465 e. The van der Waals surface area contributed by atoms with E-state index in [1.165, 1.54) is 31.4 Å². The van der Waals surface area contributed by atoms with Gasteiger partial charge in [-0.2, -0.15) is 0 Å². The molecule has 1 heterocycles. The van der Waals surface area contributed by atoms with Gasteiger partial charge in [0.05, 0.1) is 18.4 Å². The Morgan fingerprint density at radius 3 is 2.41 bits per heavy atom. The van der Waals surface area contributed by atoms with Crippen LogP contribution in [0.3, 0.4) is 0 Å². The molecule has 2 aromatic rings. The van der Waals surface area contributed by atoms with Crippen LogP contribution in [0.25, 0.3) is 0 Å². The van der Waals surface area contributed by atoms with E-state index in [0.717, 1.165) is 16.7 Å². The molecule has 0 aromatic heterocycles. The second-order valence-electron chi connectivity index (χ2n) is 6.08. The van der Waals surface area contributed by atoms with Gasteiger partial charge >= 0.3 is 5.97 Å². The highest BCUT2D eigenvalue weighted by molar-refractivity contribution is 8.15. The number of hydrogen-bond donors (Lipinski definition) is 1. The van der Waals surface area contributed by atoms with E-state index < -0.39 is 17.0 Å². The lowest BCUT2D eigenvalue weighted by Gasteiger charge is -2.15. The average molecular weight is 415 g/mol. The van der Waals surface area contributed by atoms with Crippen molar-refractivity contribution in [3.05, 3.63) is 59.9 Å². The van der Waals surface area contributed by atoms with Crippen LogP contribution in [0.5, 0.6) is 0 Å². The van der Waals surface area contributed by atoms with Gasteiger partial charge in [0, 0.05) is 19.2 Å². The molecule has 0 radical (unpaired) electrons. The molecule has 29 heavy (non-hydrogen) atoms. The number of benzene rings is 2. The lowest BCUT2D eigenvalue weighted by atomic mass is 10.2. The van der Waals surface area contributed by atoms with Crippen molar-refractivity contribution in [3.8, 4) is 0 Å². The van der Waals surface area contributed by atoms with Gasteiger partial charge in [-0.25, -0.2) is 14.1 Å². The highest BCUT2D eigenvalue weighted by atomic mass is 32.2. The first-order chi connectivity index (χ1) is 13.9. The molecule has 1 saturated heterocycles. The summed E-state index contributed by atoms with van der Waals surface area (Å²) in [7, 11) is 2.87. The zero-order valence-corrected chi connectivity index (χ0v) is 16.5. The zero-order chi connectivity index (χ0) is 21.0. The van der Waals surface area contributed by atoms with Crippen LogP contribution in [0.1, 0.15) is 16.8 Å². The minimum absolute atomic E-state index is 0.0167. The van der Waals surface area contributed by atoms with Crippen LogP contribution in [-0.2, 0) is 14.3 Å². The predicted octanol–water partition coefficient (Wildman–Crippen LogP) is 3.08. The number of carbonyl (C=O) groups is 3. The lowest BCUT2D eigenvalue weighted by Crippen LogP contribution is -2.31. The van der Waals surface area contributed by atoms with Crippen LogP contribution < -0.4 is 10.2 Å². The molecule has 1 N–H and O–H groups in total. The van der Waals surface area contributed by atoms with Crippen LogP contribution in [0.4, 0.5) is 15.8 Å².